The highest BCUT2D eigenvalue weighted by atomic mass is 35.5. The zero-order valence-electron chi connectivity index (χ0n) is 13.7. The average molecular weight is 360 g/mol. The molecule has 3 N–H and O–H groups in total. The monoisotopic (exact) mass is 359 g/mol. The van der Waals surface area contributed by atoms with Crippen molar-refractivity contribution in [3.05, 3.63) is 29.3 Å². The van der Waals surface area contributed by atoms with Gasteiger partial charge in [-0.2, -0.15) is 0 Å². The van der Waals surface area contributed by atoms with Gasteiger partial charge in [0.15, 0.2) is 0 Å². The third kappa shape index (κ3) is 4.31. The number of benzene rings is 1. The molecule has 6 heteroatoms. The Morgan fingerprint density at radius 2 is 2.00 bits per heavy atom. The minimum Gasteiger partial charge on any atom is -0.385 e. The summed E-state index contributed by atoms with van der Waals surface area (Å²) in [5.41, 5.74) is 3.13. The van der Waals surface area contributed by atoms with Crippen LogP contribution < -0.4 is 16.0 Å². The van der Waals surface area contributed by atoms with E-state index >= 15 is 0 Å². The maximum Gasteiger partial charge on any atom is 0.251 e. The summed E-state index contributed by atoms with van der Waals surface area (Å²) < 4.78 is 0. The van der Waals surface area contributed by atoms with Crippen LogP contribution in [0.1, 0.15) is 42.6 Å². The molecule has 3 atom stereocenters. The van der Waals surface area contributed by atoms with Crippen LogP contribution in [0.2, 0.25) is 0 Å². The van der Waals surface area contributed by atoms with E-state index in [1.165, 1.54) is 5.56 Å². The predicted molar refractivity (Wildman–Crippen MR) is 100 cm³/mol. The molecule has 3 rings (SSSR count). The normalized spacial score (nSPS) is 25.9. The second-order valence-electron chi connectivity index (χ2n) is 6.37. The van der Waals surface area contributed by atoms with Gasteiger partial charge in [0.1, 0.15) is 0 Å². The number of hydrogen-bond donors (Lipinski definition) is 3. The first-order chi connectivity index (χ1) is 10.2. The van der Waals surface area contributed by atoms with Gasteiger partial charge < -0.3 is 16.0 Å². The maximum absolute atomic E-state index is 12.7. The summed E-state index contributed by atoms with van der Waals surface area (Å²) in [6.07, 6.45) is 3.19. The maximum atomic E-state index is 12.7. The molecule has 1 aromatic carbocycles. The van der Waals surface area contributed by atoms with E-state index in [4.69, 9.17) is 0 Å². The van der Waals surface area contributed by atoms with E-state index in [0.29, 0.717) is 12.0 Å². The van der Waals surface area contributed by atoms with Crippen LogP contribution in [0.4, 0.5) is 5.69 Å². The fraction of sp³-hybridized carbons (Fsp3) is 0.588. The number of fused-ring (bicyclic) bond motifs is 1. The summed E-state index contributed by atoms with van der Waals surface area (Å²) >= 11 is 0. The average Bonchev–Trinajstić information content (AvgIpc) is 2.50. The van der Waals surface area contributed by atoms with Crippen molar-refractivity contribution in [1.29, 1.82) is 0 Å². The number of carbonyl (C=O) groups excluding carboxylic acids is 1. The van der Waals surface area contributed by atoms with Gasteiger partial charge in [0.2, 0.25) is 0 Å². The van der Waals surface area contributed by atoms with E-state index < -0.39 is 0 Å². The molecule has 23 heavy (non-hydrogen) atoms. The van der Waals surface area contributed by atoms with Gasteiger partial charge in [-0.25, -0.2) is 0 Å². The topological polar surface area (TPSA) is 53.2 Å². The highest BCUT2D eigenvalue weighted by molar-refractivity contribution is 5.97. The number of hydrogen-bond acceptors (Lipinski definition) is 3. The molecular weight excluding hydrogens is 333 g/mol. The Morgan fingerprint density at radius 1 is 1.22 bits per heavy atom. The van der Waals surface area contributed by atoms with E-state index in [9.17, 15) is 4.79 Å². The molecule has 0 radical (unpaired) electrons. The van der Waals surface area contributed by atoms with E-state index in [2.05, 4.69) is 35.9 Å². The van der Waals surface area contributed by atoms with Crippen LogP contribution in [0.25, 0.3) is 0 Å². The Labute approximate surface area is 151 Å². The molecule has 1 amide bonds. The molecule has 0 aromatic heterocycles. The molecule has 1 fully saturated rings. The lowest BCUT2D eigenvalue weighted by molar-refractivity contribution is 0.0896. The second kappa shape index (κ2) is 8.76. The van der Waals surface area contributed by atoms with Crippen LogP contribution in [-0.2, 0) is 6.42 Å². The van der Waals surface area contributed by atoms with Crippen LogP contribution in [0, 0.1) is 5.92 Å². The molecule has 1 saturated heterocycles. The van der Waals surface area contributed by atoms with Crippen molar-refractivity contribution in [2.24, 2.45) is 5.92 Å². The number of halogens is 2. The van der Waals surface area contributed by atoms with Crippen LogP contribution in [0.5, 0.6) is 0 Å². The molecule has 0 bridgehead atoms. The predicted octanol–water partition coefficient (Wildman–Crippen LogP) is 3.00. The third-order valence-electron chi connectivity index (χ3n) is 4.86. The van der Waals surface area contributed by atoms with E-state index in [0.717, 1.165) is 43.6 Å². The quantitative estimate of drug-likeness (QED) is 0.760. The first-order valence-corrected chi connectivity index (χ1v) is 8.07. The van der Waals surface area contributed by atoms with Crippen LogP contribution in [0.3, 0.4) is 0 Å². The van der Waals surface area contributed by atoms with Crippen LogP contribution in [0.15, 0.2) is 18.2 Å². The lowest BCUT2D eigenvalue weighted by Crippen LogP contribution is -2.56. The highest BCUT2D eigenvalue weighted by Crippen LogP contribution is 2.26. The molecule has 0 aliphatic carbocycles. The van der Waals surface area contributed by atoms with Crippen molar-refractivity contribution in [1.82, 2.24) is 10.6 Å². The van der Waals surface area contributed by atoms with Crippen LogP contribution in [-0.4, -0.2) is 31.1 Å². The van der Waals surface area contributed by atoms with Gasteiger partial charge in [0.05, 0.1) is 0 Å². The van der Waals surface area contributed by atoms with E-state index in [-0.39, 0.29) is 36.8 Å². The molecule has 0 saturated carbocycles. The first-order valence-electron chi connectivity index (χ1n) is 8.07. The second-order valence-corrected chi connectivity index (χ2v) is 6.37. The first kappa shape index (κ1) is 20.1. The smallest absolute Gasteiger partial charge is 0.251 e. The SMILES string of the molecule is CC1CCNC(C)C1NC(=O)c1cccc2c1CCCN2.Cl.Cl. The Hall–Kier alpha value is -0.970. The Balaban J connectivity index is 0.00000132. The molecule has 1 aromatic rings. The fourth-order valence-corrected chi connectivity index (χ4v) is 3.56. The Kier molecular flexibility index (Phi) is 7.65. The Bertz CT molecular complexity index is 529. The summed E-state index contributed by atoms with van der Waals surface area (Å²) in [7, 11) is 0. The van der Waals surface area contributed by atoms with Crippen molar-refractivity contribution < 1.29 is 4.79 Å². The van der Waals surface area contributed by atoms with Crippen molar-refractivity contribution in [3.63, 3.8) is 0 Å². The zero-order valence-corrected chi connectivity index (χ0v) is 15.4. The number of carbonyl (C=O) groups is 1. The molecule has 4 nitrogen and oxygen atoms in total. The molecule has 130 valence electrons. The number of amides is 1. The standard InChI is InChI=1S/C17H25N3O.2ClH/c1-11-8-10-18-12(2)16(11)20-17(21)14-5-3-7-15-13(14)6-4-9-19-15;;/h3,5,7,11-12,16,18-19H,4,6,8-10H2,1-2H3,(H,20,21);2*1H. The lowest BCUT2D eigenvalue weighted by Gasteiger charge is -2.36. The number of rotatable bonds is 2. The molecule has 2 heterocycles. The van der Waals surface area contributed by atoms with Crippen molar-refractivity contribution in [2.75, 3.05) is 18.4 Å². The van der Waals surface area contributed by atoms with Gasteiger partial charge in [-0.15, -0.1) is 24.8 Å². The molecule has 2 aliphatic heterocycles. The van der Waals surface area contributed by atoms with Crippen LogP contribution >= 0.6 is 24.8 Å². The number of piperidine rings is 1. The lowest BCUT2D eigenvalue weighted by atomic mass is 9.88. The van der Waals surface area contributed by atoms with E-state index in [1.807, 2.05) is 12.1 Å². The van der Waals surface area contributed by atoms with Gasteiger partial charge in [0, 0.05) is 29.9 Å². The minimum atomic E-state index is 0. The van der Waals surface area contributed by atoms with Gasteiger partial charge in [0.25, 0.3) is 5.91 Å². The van der Waals surface area contributed by atoms with E-state index in [1.54, 1.807) is 0 Å². The molecule has 2 aliphatic rings. The summed E-state index contributed by atoms with van der Waals surface area (Å²) in [6.45, 7) is 6.42. The summed E-state index contributed by atoms with van der Waals surface area (Å²) in [4.78, 5) is 12.7. The summed E-state index contributed by atoms with van der Waals surface area (Å²) in [5, 5.41) is 10.1. The van der Waals surface area contributed by atoms with Gasteiger partial charge >= 0.3 is 0 Å². The number of nitrogens with one attached hydrogen (secondary N) is 3. The van der Waals surface area contributed by atoms with Crippen molar-refractivity contribution in [2.45, 2.75) is 45.2 Å². The minimum absolute atomic E-state index is 0. The van der Waals surface area contributed by atoms with Crippen molar-refractivity contribution >= 4 is 36.4 Å². The van der Waals surface area contributed by atoms with Gasteiger partial charge in [-0.3, -0.25) is 4.79 Å². The molecular formula is C17H27Cl2N3O. The molecule has 0 spiro atoms. The Morgan fingerprint density at radius 3 is 2.74 bits per heavy atom. The van der Waals surface area contributed by atoms with Crippen molar-refractivity contribution in [3.8, 4) is 0 Å². The number of anilines is 1. The summed E-state index contributed by atoms with van der Waals surface area (Å²) in [6, 6.07) is 6.53. The summed E-state index contributed by atoms with van der Waals surface area (Å²) in [5.74, 6) is 0.589. The third-order valence-corrected chi connectivity index (χ3v) is 4.86. The zero-order chi connectivity index (χ0) is 14.8. The highest BCUT2D eigenvalue weighted by Gasteiger charge is 2.29. The van der Waals surface area contributed by atoms with Gasteiger partial charge in [-0.1, -0.05) is 13.0 Å². The fourth-order valence-electron chi connectivity index (χ4n) is 3.56. The largest absolute Gasteiger partial charge is 0.385 e. The van der Waals surface area contributed by atoms with Gasteiger partial charge in [-0.05, 0) is 56.3 Å². The molecule has 3 unspecified atom stereocenters.